The average molecular weight is 483 g/mol. The van der Waals surface area contributed by atoms with Gasteiger partial charge in [0.1, 0.15) is 11.6 Å². The molecule has 0 aliphatic carbocycles. The van der Waals surface area contributed by atoms with Crippen molar-refractivity contribution in [3.63, 3.8) is 0 Å². The number of aromatic amines is 1. The minimum Gasteiger partial charge on any atom is -0.463 e. The van der Waals surface area contributed by atoms with Crippen molar-refractivity contribution in [1.29, 1.82) is 0 Å². The van der Waals surface area contributed by atoms with Crippen LogP contribution < -0.4 is 11.1 Å². The Hall–Kier alpha value is -2.97. The van der Waals surface area contributed by atoms with E-state index in [0.29, 0.717) is 28.5 Å². The molecule has 3 aromatic rings. The maximum absolute atomic E-state index is 13.2. The highest BCUT2D eigenvalue weighted by Crippen LogP contribution is 2.46. The van der Waals surface area contributed by atoms with Gasteiger partial charge in [-0.15, -0.1) is 0 Å². The predicted molar refractivity (Wildman–Crippen MR) is 123 cm³/mol. The summed E-state index contributed by atoms with van der Waals surface area (Å²) < 4.78 is 6.65. The molecule has 0 radical (unpaired) electrons. The van der Waals surface area contributed by atoms with E-state index in [1.165, 1.54) is 0 Å². The van der Waals surface area contributed by atoms with Crippen molar-refractivity contribution >= 4 is 51.4 Å². The summed E-state index contributed by atoms with van der Waals surface area (Å²) in [7, 11) is 0. The van der Waals surface area contributed by atoms with Gasteiger partial charge in [-0.05, 0) is 42.4 Å². The molecule has 1 unspecified atom stereocenters. The van der Waals surface area contributed by atoms with Gasteiger partial charge in [0.05, 0.1) is 23.8 Å². The van der Waals surface area contributed by atoms with Gasteiger partial charge >= 0.3 is 5.97 Å². The maximum atomic E-state index is 13.2. The number of nitrogens with one attached hydrogen (secondary N) is 2. The first-order valence-electron chi connectivity index (χ1n) is 9.38. The number of nitrogens with two attached hydrogens (primary N) is 1. The van der Waals surface area contributed by atoms with Crippen molar-refractivity contribution in [3.8, 4) is 0 Å². The second-order valence-corrected chi connectivity index (χ2v) is 8.01. The van der Waals surface area contributed by atoms with E-state index in [0.717, 1.165) is 15.6 Å². The molecule has 0 fully saturated rings. The first-order chi connectivity index (χ1) is 14.5. The van der Waals surface area contributed by atoms with Crippen LogP contribution in [0.15, 0.2) is 64.6 Å². The molecule has 2 heterocycles. The third-order valence-corrected chi connectivity index (χ3v) is 5.57. The molecule has 0 saturated carbocycles. The highest BCUT2D eigenvalue weighted by Gasteiger charge is 2.37. The molecule has 1 aliphatic rings. The van der Waals surface area contributed by atoms with Gasteiger partial charge in [-0.1, -0.05) is 58.4 Å². The summed E-state index contributed by atoms with van der Waals surface area (Å²) in [6.07, 6.45) is 0. The van der Waals surface area contributed by atoms with Crippen LogP contribution in [0.1, 0.15) is 29.5 Å². The number of carbonyl (C=O) groups is 1. The number of H-pyrrole nitrogens is 1. The molecule has 6 nitrogen and oxygen atoms in total. The summed E-state index contributed by atoms with van der Waals surface area (Å²) in [5.74, 6) is -0.0115. The van der Waals surface area contributed by atoms with Crippen LogP contribution in [-0.2, 0) is 9.53 Å². The molecule has 0 saturated heterocycles. The molecule has 0 spiro atoms. The second-order valence-electron chi connectivity index (χ2n) is 6.70. The van der Waals surface area contributed by atoms with E-state index < -0.39 is 11.9 Å². The van der Waals surface area contributed by atoms with Gasteiger partial charge in [0.2, 0.25) is 0 Å². The Kier molecular flexibility index (Phi) is 5.69. The standard InChI is InChI=1S/C22H19BrN4O2S/c1-2-29-21(28)16-15(12-8-10-14(23)11-9-12)17-19(24)26-22(30)27-20(17)25-18(16)13-6-4-3-5-7-13/h3-11,15H,2H2,1H3,(H4,24,25,26,27,30). The average Bonchev–Trinajstić information content (AvgIpc) is 2.73. The monoisotopic (exact) mass is 482 g/mol. The van der Waals surface area contributed by atoms with E-state index in [4.69, 9.17) is 22.7 Å². The summed E-state index contributed by atoms with van der Waals surface area (Å²) in [4.78, 5) is 20.6. The van der Waals surface area contributed by atoms with Crippen LogP contribution in [0.5, 0.6) is 0 Å². The van der Waals surface area contributed by atoms with Crippen molar-refractivity contribution in [2.45, 2.75) is 12.8 Å². The minimum atomic E-state index is -0.483. The topological polar surface area (TPSA) is 93.0 Å². The zero-order chi connectivity index (χ0) is 21.3. The first-order valence-corrected chi connectivity index (χ1v) is 10.6. The van der Waals surface area contributed by atoms with Crippen molar-refractivity contribution in [3.05, 3.63) is 86.1 Å². The highest BCUT2D eigenvalue weighted by atomic mass is 79.9. The molecule has 30 heavy (non-hydrogen) atoms. The number of hydrogen-bond donors (Lipinski definition) is 3. The molecule has 1 aliphatic heterocycles. The van der Waals surface area contributed by atoms with E-state index in [1.807, 2.05) is 54.6 Å². The number of aromatic nitrogens is 2. The summed E-state index contributed by atoms with van der Waals surface area (Å²) in [5, 5.41) is 3.29. The Morgan fingerprint density at radius 2 is 1.90 bits per heavy atom. The van der Waals surface area contributed by atoms with Crippen molar-refractivity contribution < 1.29 is 9.53 Å². The number of esters is 1. The molecule has 8 heteroatoms. The van der Waals surface area contributed by atoms with E-state index >= 15 is 0 Å². The van der Waals surface area contributed by atoms with Gasteiger partial charge in [0.25, 0.3) is 0 Å². The third kappa shape index (κ3) is 3.76. The Morgan fingerprint density at radius 3 is 2.57 bits per heavy atom. The molecule has 0 bridgehead atoms. The number of fused-ring (bicyclic) bond motifs is 1. The van der Waals surface area contributed by atoms with E-state index in [1.54, 1.807) is 6.92 Å². The molecule has 1 aromatic heterocycles. The van der Waals surface area contributed by atoms with Crippen LogP contribution in [-0.4, -0.2) is 22.5 Å². The van der Waals surface area contributed by atoms with Crippen LogP contribution in [0, 0.1) is 4.77 Å². The fourth-order valence-corrected chi connectivity index (χ4v) is 4.08. The number of ether oxygens (including phenoxy) is 1. The van der Waals surface area contributed by atoms with Gasteiger partial charge in [0.15, 0.2) is 4.77 Å². The number of benzene rings is 2. The fraction of sp³-hybridized carbons (Fsp3) is 0.136. The Balaban J connectivity index is 2.05. The SMILES string of the molecule is CCOC(=O)C1=C(c2ccccc2)Nc2nc(=S)[nH]c(N)c2C1c1ccc(Br)cc1. The lowest BCUT2D eigenvalue weighted by Crippen LogP contribution is -2.27. The van der Waals surface area contributed by atoms with Gasteiger partial charge in [-0.25, -0.2) is 9.78 Å². The van der Waals surface area contributed by atoms with Crippen LogP contribution in [0.2, 0.25) is 0 Å². The molecular formula is C22H19BrN4O2S. The molecule has 152 valence electrons. The molecular weight excluding hydrogens is 464 g/mol. The Labute approximate surface area is 187 Å². The highest BCUT2D eigenvalue weighted by molar-refractivity contribution is 9.10. The van der Waals surface area contributed by atoms with Gasteiger partial charge in [0, 0.05) is 10.0 Å². The molecule has 1 atom stereocenters. The summed E-state index contributed by atoms with van der Waals surface area (Å²) in [5.41, 5.74) is 9.82. The van der Waals surface area contributed by atoms with Crippen LogP contribution in [0.4, 0.5) is 11.6 Å². The number of carbonyl (C=O) groups excluding carboxylic acids is 1. The van der Waals surface area contributed by atoms with Crippen LogP contribution in [0.25, 0.3) is 5.70 Å². The first kappa shape index (κ1) is 20.3. The molecule has 0 amide bonds. The largest absolute Gasteiger partial charge is 0.463 e. The van der Waals surface area contributed by atoms with E-state index in [-0.39, 0.29) is 11.4 Å². The Morgan fingerprint density at radius 1 is 1.20 bits per heavy atom. The smallest absolute Gasteiger partial charge is 0.337 e. The number of rotatable bonds is 4. The second kappa shape index (κ2) is 8.41. The molecule has 4 N–H and O–H groups in total. The van der Waals surface area contributed by atoms with Crippen molar-refractivity contribution in [1.82, 2.24) is 9.97 Å². The van der Waals surface area contributed by atoms with Gasteiger partial charge in [-0.3, -0.25) is 0 Å². The molecule has 2 aromatic carbocycles. The lowest BCUT2D eigenvalue weighted by molar-refractivity contribution is -0.138. The lowest BCUT2D eigenvalue weighted by Gasteiger charge is -2.31. The number of nitrogens with zero attached hydrogens (tertiary/aromatic N) is 1. The van der Waals surface area contributed by atoms with E-state index in [9.17, 15) is 4.79 Å². The lowest BCUT2D eigenvalue weighted by atomic mass is 9.80. The van der Waals surface area contributed by atoms with Gasteiger partial charge < -0.3 is 20.8 Å². The zero-order valence-electron chi connectivity index (χ0n) is 16.1. The van der Waals surface area contributed by atoms with Crippen molar-refractivity contribution in [2.75, 3.05) is 17.7 Å². The summed E-state index contributed by atoms with van der Waals surface area (Å²) >= 11 is 8.70. The number of hydrogen-bond acceptors (Lipinski definition) is 6. The van der Waals surface area contributed by atoms with Crippen molar-refractivity contribution in [2.24, 2.45) is 0 Å². The summed E-state index contributed by atoms with van der Waals surface area (Å²) in [6.45, 7) is 2.04. The molecule has 4 rings (SSSR count). The minimum absolute atomic E-state index is 0.259. The van der Waals surface area contributed by atoms with E-state index in [2.05, 4.69) is 31.2 Å². The Bertz CT molecular complexity index is 1190. The summed E-state index contributed by atoms with van der Waals surface area (Å²) in [6, 6.07) is 17.4. The maximum Gasteiger partial charge on any atom is 0.337 e. The quantitative estimate of drug-likeness (QED) is 0.357. The normalized spacial score (nSPS) is 15.3. The number of nitrogen functional groups attached to an aromatic ring is 1. The number of halogens is 1. The predicted octanol–water partition coefficient (Wildman–Crippen LogP) is 5.02. The zero-order valence-corrected chi connectivity index (χ0v) is 18.5. The fourth-order valence-electron chi connectivity index (χ4n) is 3.61. The third-order valence-electron chi connectivity index (χ3n) is 4.85. The van der Waals surface area contributed by atoms with Gasteiger partial charge in [-0.2, -0.15) is 0 Å². The number of anilines is 2. The van der Waals surface area contributed by atoms with Crippen LogP contribution in [0.3, 0.4) is 0 Å². The van der Waals surface area contributed by atoms with Crippen LogP contribution >= 0.6 is 28.1 Å².